The molecule has 6 nitrogen and oxygen atoms in total. The lowest BCUT2D eigenvalue weighted by molar-refractivity contribution is -0.137. The summed E-state index contributed by atoms with van der Waals surface area (Å²) in [5.41, 5.74) is 1.05. The van der Waals surface area contributed by atoms with E-state index in [9.17, 15) is 14.4 Å². The lowest BCUT2D eigenvalue weighted by Crippen LogP contribution is -2.37. The van der Waals surface area contributed by atoms with Crippen molar-refractivity contribution < 1.29 is 19.5 Å². The van der Waals surface area contributed by atoms with Crippen molar-refractivity contribution in [1.82, 2.24) is 10.6 Å². The van der Waals surface area contributed by atoms with E-state index in [1.165, 1.54) is 0 Å². The Morgan fingerprint density at radius 3 is 2.20 bits per heavy atom. The zero-order valence-corrected chi connectivity index (χ0v) is 11.3. The van der Waals surface area contributed by atoms with Gasteiger partial charge in [-0.25, -0.2) is 0 Å². The Kier molecular flexibility index (Phi) is 5.46. The highest BCUT2D eigenvalue weighted by atomic mass is 16.4. The van der Waals surface area contributed by atoms with Gasteiger partial charge in [0.2, 0.25) is 0 Å². The topological polar surface area (TPSA) is 95.5 Å². The Labute approximate surface area is 116 Å². The van der Waals surface area contributed by atoms with Gasteiger partial charge in [-0.05, 0) is 31.6 Å². The highest BCUT2D eigenvalue weighted by Crippen LogP contribution is 2.04. The first-order valence-corrected chi connectivity index (χ1v) is 5.95. The lowest BCUT2D eigenvalue weighted by atomic mass is 10.2. The highest BCUT2D eigenvalue weighted by molar-refractivity contribution is 6.03. The molecule has 0 fully saturated rings. The fourth-order valence-electron chi connectivity index (χ4n) is 1.43. The molecule has 1 aromatic rings. The molecule has 0 saturated heterocycles. The molecule has 1 rings (SSSR count). The second-order valence-electron chi connectivity index (χ2n) is 4.27. The molecule has 20 heavy (non-hydrogen) atoms. The molecule has 0 aliphatic heterocycles. The smallest absolute Gasteiger partial charge is 0.322 e. The van der Waals surface area contributed by atoms with E-state index in [-0.39, 0.29) is 5.70 Å². The van der Waals surface area contributed by atoms with Gasteiger partial charge in [0, 0.05) is 5.56 Å². The zero-order valence-electron chi connectivity index (χ0n) is 11.3. The predicted octanol–water partition coefficient (Wildman–Crippen LogP) is 0.911. The highest BCUT2D eigenvalue weighted by Gasteiger charge is 2.16. The molecular weight excluding hydrogens is 260 g/mol. The van der Waals surface area contributed by atoms with Crippen molar-refractivity contribution >= 4 is 17.8 Å². The first kappa shape index (κ1) is 15.4. The number of rotatable bonds is 5. The quantitative estimate of drug-likeness (QED) is 0.697. The number of hydrogen-bond donors (Lipinski definition) is 3. The number of carboxylic acid groups (broad SMARTS) is 1. The summed E-state index contributed by atoms with van der Waals surface area (Å²) in [5, 5.41) is 13.2. The largest absolute Gasteiger partial charge is 0.480 e. The van der Waals surface area contributed by atoms with Crippen molar-refractivity contribution in [1.29, 1.82) is 0 Å². The van der Waals surface area contributed by atoms with Crippen LogP contribution in [0.2, 0.25) is 0 Å². The summed E-state index contributed by atoms with van der Waals surface area (Å²) in [4.78, 5) is 34.2. The van der Waals surface area contributed by atoms with Crippen LogP contribution in [0, 0.1) is 0 Å². The summed E-state index contributed by atoms with van der Waals surface area (Å²) in [6.07, 6.45) is 0. The minimum absolute atomic E-state index is 0.0557. The van der Waals surface area contributed by atoms with Gasteiger partial charge in [-0.3, -0.25) is 14.4 Å². The Morgan fingerprint density at radius 2 is 1.70 bits per heavy atom. The molecule has 0 bridgehead atoms. The average Bonchev–Trinajstić information content (AvgIpc) is 2.42. The molecule has 0 saturated carbocycles. The Bertz CT molecular complexity index is 546. The van der Waals surface area contributed by atoms with Crippen LogP contribution in [-0.2, 0) is 9.59 Å². The molecule has 0 aliphatic rings. The van der Waals surface area contributed by atoms with Gasteiger partial charge >= 0.3 is 5.97 Å². The standard InChI is InChI=1S/C14H16N2O4/c1-9(2)12(14(20)15-8-11(17)18)16-13(19)10-6-4-3-5-7-10/h3-7H,8H2,1-2H3,(H,15,20)(H,16,19)(H,17,18). The number of allylic oxidation sites excluding steroid dienone is 1. The van der Waals surface area contributed by atoms with Gasteiger partial charge in [0.1, 0.15) is 12.2 Å². The number of aliphatic carboxylic acids is 1. The molecular formula is C14H16N2O4. The van der Waals surface area contributed by atoms with E-state index in [1.54, 1.807) is 44.2 Å². The summed E-state index contributed by atoms with van der Waals surface area (Å²) in [6, 6.07) is 8.43. The molecule has 0 atom stereocenters. The van der Waals surface area contributed by atoms with E-state index >= 15 is 0 Å². The van der Waals surface area contributed by atoms with Crippen molar-refractivity contribution in [3.05, 3.63) is 47.2 Å². The zero-order chi connectivity index (χ0) is 15.1. The molecule has 6 heteroatoms. The van der Waals surface area contributed by atoms with Gasteiger partial charge in [0.25, 0.3) is 11.8 Å². The van der Waals surface area contributed by atoms with E-state index in [0.29, 0.717) is 11.1 Å². The number of hydrogen-bond acceptors (Lipinski definition) is 3. The van der Waals surface area contributed by atoms with Crippen LogP contribution in [0.25, 0.3) is 0 Å². The van der Waals surface area contributed by atoms with Crippen molar-refractivity contribution in [2.24, 2.45) is 0 Å². The van der Waals surface area contributed by atoms with E-state index in [4.69, 9.17) is 5.11 Å². The van der Waals surface area contributed by atoms with Gasteiger partial charge in [-0.2, -0.15) is 0 Å². The minimum Gasteiger partial charge on any atom is -0.480 e. The first-order chi connectivity index (χ1) is 9.41. The van der Waals surface area contributed by atoms with Crippen LogP contribution in [0.15, 0.2) is 41.6 Å². The second-order valence-corrected chi connectivity index (χ2v) is 4.27. The van der Waals surface area contributed by atoms with Gasteiger partial charge in [-0.1, -0.05) is 18.2 Å². The van der Waals surface area contributed by atoms with E-state index < -0.39 is 24.3 Å². The number of amides is 2. The molecule has 0 radical (unpaired) electrons. The molecule has 2 amide bonds. The van der Waals surface area contributed by atoms with Crippen LogP contribution in [0.5, 0.6) is 0 Å². The van der Waals surface area contributed by atoms with Crippen LogP contribution >= 0.6 is 0 Å². The molecule has 0 spiro atoms. The number of carbonyl (C=O) groups is 3. The van der Waals surface area contributed by atoms with Crippen molar-refractivity contribution in [2.75, 3.05) is 6.54 Å². The fourth-order valence-corrected chi connectivity index (χ4v) is 1.43. The molecule has 0 aromatic heterocycles. The summed E-state index contributed by atoms with van der Waals surface area (Å²) >= 11 is 0. The summed E-state index contributed by atoms with van der Waals surface area (Å²) < 4.78 is 0. The van der Waals surface area contributed by atoms with E-state index in [2.05, 4.69) is 10.6 Å². The summed E-state index contributed by atoms with van der Waals surface area (Å²) in [7, 11) is 0. The molecule has 3 N–H and O–H groups in total. The predicted molar refractivity (Wildman–Crippen MR) is 72.9 cm³/mol. The van der Waals surface area contributed by atoms with Gasteiger partial charge in [-0.15, -0.1) is 0 Å². The van der Waals surface area contributed by atoms with E-state index in [1.807, 2.05) is 0 Å². The summed E-state index contributed by atoms with van der Waals surface area (Å²) in [6.45, 7) is 2.80. The van der Waals surface area contributed by atoms with Crippen molar-refractivity contribution in [3.63, 3.8) is 0 Å². The SMILES string of the molecule is CC(C)=C(NC(=O)c1ccccc1)C(=O)NCC(=O)O. The first-order valence-electron chi connectivity index (χ1n) is 5.95. The second kappa shape index (κ2) is 7.08. The maximum absolute atomic E-state index is 12.0. The Balaban J connectivity index is 2.79. The summed E-state index contributed by atoms with van der Waals surface area (Å²) in [5.74, 6) is -2.20. The van der Waals surface area contributed by atoms with Crippen molar-refractivity contribution in [2.45, 2.75) is 13.8 Å². The third kappa shape index (κ3) is 4.56. The van der Waals surface area contributed by atoms with E-state index in [0.717, 1.165) is 0 Å². The van der Waals surface area contributed by atoms with Gasteiger partial charge < -0.3 is 15.7 Å². The number of nitrogens with one attached hydrogen (secondary N) is 2. The molecule has 106 valence electrons. The maximum Gasteiger partial charge on any atom is 0.322 e. The lowest BCUT2D eigenvalue weighted by Gasteiger charge is -2.11. The third-order valence-corrected chi connectivity index (χ3v) is 2.40. The number of benzene rings is 1. The average molecular weight is 276 g/mol. The third-order valence-electron chi connectivity index (χ3n) is 2.40. The maximum atomic E-state index is 12.0. The van der Waals surface area contributed by atoms with Crippen molar-refractivity contribution in [3.8, 4) is 0 Å². The van der Waals surface area contributed by atoms with Gasteiger partial charge in [0.05, 0.1) is 0 Å². The fraction of sp³-hybridized carbons (Fsp3) is 0.214. The number of carboxylic acids is 1. The molecule has 0 unspecified atom stereocenters. The van der Waals surface area contributed by atoms with Crippen LogP contribution in [0.4, 0.5) is 0 Å². The Hall–Kier alpha value is -2.63. The van der Waals surface area contributed by atoms with Crippen LogP contribution < -0.4 is 10.6 Å². The molecule has 1 aromatic carbocycles. The monoisotopic (exact) mass is 276 g/mol. The molecule has 0 aliphatic carbocycles. The van der Waals surface area contributed by atoms with Crippen LogP contribution in [0.3, 0.4) is 0 Å². The van der Waals surface area contributed by atoms with Crippen LogP contribution in [0.1, 0.15) is 24.2 Å². The molecule has 0 heterocycles. The normalized spacial score (nSPS) is 9.50. The minimum atomic E-state index is -1.15. The number of carbonyl (C=O) groups excluding carboxylic acids is 2. The van der Waals surface area contributed by atoms with Crippen LogP contribution in [-0.4, -0.2) is 29.4 Å². The van der Waals surface area contributed by atoms with Gasteiger partial charge in [0.15, 0.2) is 0 Å². The Morgan fingerprint density at radius 1 is 1.10 bits per heavy atom.